The third-order valence-corrected chi connectivity index (χ3v) is 7.57. The molecular weight excluding hydrogens is 556 g/mol. The van der Waals surface area contributed by atoms with E-state index in [4.69, 9.17) is 20.4 Å². The van der Waals surface area contributed by atoms with Crippen LogP contribution < -0.4 is 16.6 Å². The summed E-state index contributed by atoms with van der Waals surface area (Å²) in [5, 5.41) is 3.01. The average molecular weight is 593 g/mol. The highest BCUT2D eigenvalue weighted by Crippen LogP contribution is 2.31. The monoisotopic (exact) mass is 592 g/mol. The lowest BCUT2D eigenvalue weighted by Crippen LogP contribution is -2.45. The number of rotatable bonds is 6. The maximum Gasteiger partial charge on any atom is 0.407 e. The minimum Gasteiger partial charge on any atom is -0.444 e. The van der Waals surface area contributed by atoms with Crippen molar-refractivity contribution in [3.8, 4) is 28.3 Å². The van der Waals surface area contributed by atoms with Crippen molar-refractivity contribution in [2.45, 2.75) is 51.8 Å². The normalized spacial score (nSPS) is 14.5. The fraction of sp³-hybridized carbons (Fsp3) is 0.303. The number of carbonyl (C=O) groups excluding carboxylic acids is 1. The van der Waals surface area contributed by atoms with Gasteiger partial charge in [0.25, 0.3) is 0 Å². The largest absolute Gasteiger partial charge is 0.444 e. The first kappa shape index (κ1) is 29.1. The van der Waals surface area contributed by atoms with Gasteiger partial charge in [-0.25, -0.2) is 19.7 Å². The average Bonchev–Trinajstić information content (AvgIpc) is 3.37. The van der Waals surface area contributed by atoms with Crippen molar-refractivity contribution in [1.29, 1.82) is 0 Å². The standard InChI is InChI=1S/C33H36N8O3/c1-33(2,3)44-32(43)37-23-14-17-40(18-15-23)20-21-6-9-24(10-7-21)41-30(25-5-4-16-35-29(25)34)39-27-12-11-26(38-31(27)41)22-8-13-28(42)36-19-22/h4-13,16,19,23H,14-15,17-18,20H2,1-3H3,(H2,34,35)(H,36,42)(H,37,43). The van der Waals surface area contributed by atoms with Gasteiger partial charge in [-0.2, -0.15) is 0 Å². The molecule has 1 aromatic carbocycles. The molecule has 0 spiro atoms. The van der Waals surface area contributed by atoms with Crippen LogP contribution in [0.5, 0.6) is 0 Å². The molecule has 0 unspecified atom stereocenters. The van der Waals surface area contributed by atoms with Crippen molar-refractivity contribution in [2.75, 3.05) is 18.8 Å². The number of aromatic amines is 1. The highest BCUT2D eigenvalue weighted by Gasteiger charge is 2.24. The van der Waals surface area contributed by atoms with E-state index in [1.54, 1.807) is 18.5 Å². The highest BCUT2D eigenvalue weighted by atomic mass is 16.6. The van der Waals surface area contributed by atoms with Crippen molar-refractivity contribution >= 4 is 23.1 Å². The fourth-order valence-electron chi connectivity index (χ4n) is 5.44. The summed E-state index contributed by atoms with van der Waals surface area (Å²) in [5.74, 6) is 1.02. The van der Waals surface area contributed by atoms with Crippen molar-refractivity contribution in [1.82, 2.24) is 34.7 Å². The number of alkyl carbamates (subject to hydrolysis) is 1. The Labute approximate surface area is 255 Å². The van der Waals surface area contributed by atoms with Crippen LogP contribution in [0.3, 0.4) is 0 Å². The van der Waals surface area contributed by atoms with E-state index in [0.29, 0.717) is 34.1 Å². The first-order valence-corrected chi connectivity index (χ1v) is 14.7. The number of anilines is 1. The van der Waals surface area contributed by atoms with E-state index < -0.39 is 5.60 Å². The molecule has 0 bridgehead atoms. The van der Waals surface area contributed by atoms with Gasteiger partial charge in [-0.05, 0) is 81.6 Å². The number of hydrogen-bond acceptors (Lipinski definition) is 8. The molecule has 11 nitrogen and oxygen atoms in total. The first-order chi connectivity index (χ1) is 21.1. The Balaban J connectivity index is 1.24. The van der Waals surface area contributed by atoms with E-state index in [1.807, 2.05) is 49.6 Å². The van der Waals surface area contributed by atoms with E-state index in [-0.39, 0.29) is 17.7 Å². The van der Waals surface area contributed by atoms with Gasteiger partial charge in [0.2, 0.25) is 5.56 Å². The molecule has 0 atom stereocenters. The maximum atomic E-state index is 12.2. The minimum absolute atomic E-state index is 0.116. The minimum atomic E-state index is -0.507. The number of piperidine rings is 1. The SMILES string of the molecule is CC(C)(C)OC(=O)NC1CCN(Cc2ccc(-n3c(-c4cccnc4N)nc4ccc(-c5ccc(=O)[nH]c5)nc43)cc2)CC1. The molecule has 11 heteroatoms. The third-order valence-electron chi connectivity index (χ3n) is 7.57. The number of likely N-dealkylation sites (tertiary alicyclic amines) is 1. The second kappa shape index (κ2) is 11.9. The summed E-state index contributed by atoms with van der Waals surface area (Å²) >= 11 is 0. The predicted molar refractivity (Wildman–Crippen MR) is 170 cm³/mol. The molecule has 1 saturated heterocycles. The Morgan fingerprint density at radius 3 is 2.50 bits per heavy atom. The molecule has 0 radical (unpaired) electrons. The summed E-state index contributed by atoms with van der Waals surface area (Å²) < 4.78 is 7.41. The van der Waals surface area contributed by atoms with Gasteiger partial charge in [-0.15, -0.1) is 0 Å². The zero-order valence-corrected chi connectivity index (χ0v) is 25.1. The maximum absolute atomic E-state index is 12.2. The summed E-state index contributed by atoms with van der Waals surface area (Å²) in [4.78, 5) is 43.0. The number of nitrogens with zero attached hydrogens (tertiary/aromatic N) is 5. The van der Waals surface area contributed by atoms with E-state index in [1.165, 1.54) is 11.6 Å². The molecule has 6 rings (SSSR count). The summed E-state index contributed by atoms with van der Waals surface area (Å²) in [5.41, 5.74) is 11.3. The summed E-state index contributed by atoms with van der Waals surface area (Å²) in [6.07, 6.45) is 4.70. The molecule has 1 aliphatic rings. The number of nitrogens with one attached hydrogen (secondary N) is 2. The quantitative estimate of drug-likeness (QED) is 0.252. The molecule has 226 valence electrons. The molecule has 0 aliphatic carbocycles. The predicted octanol–water partition coefficient (Wildman–Crippen LogP) is 4.91. The second-order valence-electron chi connectivity index (χ2n) is 12.1. The van der Waals surface area contributed by atoms with Crippen LogP contribution in [-0.2, 0) is 11.3 Å². The Kier molecular flexibility index (Phi) is 7.88. The van der Waals surface area contributed by atoms with Crippen LogP contribution in [-0.4, -0.2) is 60.2 Å². The lowest BCUT2D eigenvalue weighted by molar-refractivity contribution is 0.0477. The lowest BCUT2D eigenvalue weighted by Gasteiger charge is -2.32. The van der Waals surface area contributed by atoms with E-state index in [0.717, 1.165) is 43.7 Å². The number of hydrogen-bond donors (Lipinski definition) is 3. The van der Waals surface area contributed by atoms with E-state index >= 15 is 0 Å². The van der Waals surface area contributed by atoms with Gasteiger partial charge < -0.3 is 20.8 Å². The van der Waals surface area contributed by atoms with Crippen LogP contribution >= 0.6 is 0 Å². The smallest absolute Gasteiger partial charge is 0.407 e. The molecule has 5 aromatic rings. The molecule has 4 N–H and O–H groups in total. The number of ether oxygens (including phenoxy) is 1. The lowest BCUT2D eigenvalue weighted by atomic mass is 10.0. The van der Waals surface area contributed by atoms with Crippen molar-refractivity contribution < 1.29 is 9.53 Å². The Hall–Kier alpha value is -5.03. The van der Waals surface area contributed by atoms with Gasteiger partial charge in [0.05, 0.1) is 11.3 Å². The van der Waals surface area contributed by atoms with Crippen molar-refractivity contribution in [3.05, 3.63) is 89.0 Å². The van der Waals surface area contributed by atoms with E-state index in [2.05, 4.69) is 44.5 Å². The van der Waals surface area contributed by atoms with Gasteiger partial charge in [0.1, 0.15) is 16.9 Å². The Morgan fingerprint density at radius 1 is 1.05 bits per heavy atom. The van der Waals surface area contributed by atoms with Crippen molar-refractivity contribution in [3.63, 3.8) is 0 Å². The number of pyridine rings is 3. The van der Waals surface area contributed by atoms with Gasteiger partial charge >= 0.3 is 6.09 Å². The zero-order valence-electron chi connectivity index (χ0n) is 25.1. The van der Waals surface area contributed by atoms with Gasteiger partial charge in [-0.1, -0.05) is 12.1 Å². The summed E-state index contributed by atoms with van der Waals surface area (Å²) in [6.45, 7) is 8.18. The Morgan fingerprint density at radius 2 is 1.82 bits per heavy atom. The van der Waals surface area contributed by atoms with Gasteiger partial charge in [0, 0.05) is 55.4 Å². The number of imidazole rings is 1. The fourth-order valence-corrected chi connectivity index (χ4v) is 5.44. The number of nitrogens with two attached hydrogens (primary N) is 1. The van der Waals surface area contributed by atoms with E-state index in [9.17, 15) is 9.59 Å². The van der Waals surface area contributed by atoms with Crippen molar-refractivity contribution in [2.24, 2.45) is 0 Å². The summed E-state index contributed by atoms with van der Waals surface area (Å²) in [7, 11) is 0. The van der Waals surface area contributed by atoms with Crippen LogP contribution in [0.4, 0.5) is 10.6 Å². The third kappa shape index (κ3) is 6.47. The highest BCUT2D eigenvalue weighted by molar-refractivity contribution is 5.84. The van der Waals surface area contributed by atoms with Crippen LogP contribution in [0.2, 0.25) is 0 Å². The van der Waals surface area contributed by atoms with Gasteiger partial charge in [0.15, 0.2) is 11.5 Å². The number of H-pyrrole nitrogens is 1. The molecule has 4 aromatic heterocycles. The molecular formula is C33H36N8O3. The number of nitrogen functional groups attached to an aromatic ring is 1. The second-order valence-corrected chi connectivity index (χ2v) is 12.1. The number of benzene rings is 1. The topological polar surface area (TPSA) is 144 Å². The molecule has 1 fully saturated rings. The molecule has 0 saturated carbocycles. The molecule has 5 heterocycles. The molecule has 44 heavy (non-hydrogen) atoms. The first-order valence-electron chi connectivity index (χ1n) is 14.7. The molecule has 1 aliphatic heterocycles. The van der Waals surface area contributed by atoms with Gasteiger partial charge in [-0.3, -0.25) is 14.3 Å². The number of carbonyl (C=O) groups is 1. The zero-order chi connectivity index (χ0) is 30.8. The van der Waals surface area contributed by atoms with Crippen LogP contribution in [0.15, 0.2) is 77.9 Å². The van der Waals surface area contributed by atoms with Crippen LogP contribution in [0.25, 0.3) is 39.5 Å². The number of fused-ring (bicyclic) bond motifs is 1. The number of amides is 1. The van der Waals surface area contributed by atoms with Crippen LogP contribution in [0.1, 0.15) is 39.2 Å². The number of aromatic nitrogens is 5. The Bertz CT molecular complexity index is 1830. The summed E-state index contributed by atoms with van der Waals surface area (Å²) in [6, 6.07) is 19.3. The molecule has 1 amide bonds. The van der Waals surface area contributed by atoms with Crippen LogP contribution in [0, 0.1) is 0 Å².